The Morgan fingerprint density at radius 2 is 1.62 bits per heavy atom. The predicted molar refractivity (Wildman–Crippen MR) is 56.0 cm³/mol. The Kier molecular flexibility index (Phi) is 3.33. The summed E-state index contributed by atoms with van der Waals surface area (Å²) < 4.78 is 10.9. The van der Waals surface area contributed by atoms with Gasteiger partial charge in [-0.05, 0) is 33.5 Å². The highest BCUT2D eigenvalue weighted by atomic mass is 36.0. The summed E-state index contributed by atoms with van der Waals surface area (Å²) in [6.45, 7) is -4.48. The van der Waals surface area contributed by atoms with Gasteiger partial charge in [0.2, 0.25) is 0 Å². The summed E-state index contributed by atoms with van der Waals surface area (Å²) in [6.07, 6.45) is 0. The minimum atomic E-state index is -4.48. The molecule has 0 unspecified atom stereocenters. The standard InChI is InChI=1S/C6H7Cl2O3PS/c7-13(8,12(9,10)11)6-4-2-1-3-5-6/h1-5H,(H2,9,10,11). The van der Waals surface area contributed by atoms with Crippen molar-refractivity contribution in [1.29, 1.82) is 0 Å². The van der Waals surface area contributed by atoms with Crippen LogP contribution in [0.15, 0.2) is 35.2 Å². The van der Waals surface area contributed by atoms with Gasteiger partial charge in [0, 0.05) is 13.0 Å². The van der Waals surface area contributed by atoms with E-state index in [4.69, 9.17) is 31.2 Å². The summed E-state index contributed by atoms with van der Waals surface area (Å²) >= 11 is 0. The minimum absolute atomic E-state index is 0.270. The third-order valence-corrected chi connectivity index (χ3v) is 9.49. The van der Waals surface area contributed by atoms with Crippen LogP contribution in [-0.2, 0) is 4.57 Å². The summed E-state index contributed by atoms with van der Waals surface area (Å²) in [5.74, 6) is 0. The molecule has 0 aliphatic carbocycles. The minimum Gasteiger partial charge on any atom is -0.316 e. The van der Waals surface area contributed by atoms with E-state index in [-0.39, 0.29) is 4.90 Å². The Hall–Kier alpha value is 0.300. The van der Waals surface area contributed by atoms with Crippen molar-refractivity contribution in [1.82, 2.24) is 0 Å². The molecule has 2 N–H and O–H groups in total. The van der Waals surface area contributed by atoms with Crippen LogP contribution in [0.25, 0.3) is 0 Å². The van der Waals surface area contributed by atoms with E-state index in [1.165, 1.54) is 12.1 Å². The van der Waals surface area contributed by atoms with E-state index in [1.54, 1.807) is 18.2 Å². The van der Waals surface area contributed by atoms with E-state index in [1.807, 2.05) is 0 Å². The first-order valence-electron chi connectivity index (χ1n) is 3.19. The highest BCUT2D eigenvalue weighted by Gasteiger charge is 2.39. The number of halogens is 2. The second-order valence-corrected chi connectivity index (χ2v) is 12.2. The second kappa shape index (κ2) is 3.81. The van der Waals surface area contributed by atoms with Crippen LogP contribution >= 0.6 is 36.2 Å². The predicted octanol–water partition coefficient (Wildman–Crippen LogP) is 3.25. The molecular formula is C6H7Cl2O3PS. The van der Waals surface area contributed by atoms with Crippen LogP contribution in [0.3, 0.4) is 0 Å². The maximum absolute atomic E-state index is 10.9. The molecule has 0 bridgehead atoms. The Bertz CT molecular complexity index is 337. The van der Waals surface area contributed by atoms with Gasteiger partial charge in [-0.1, -0.05) is 18.2 Å². The van der Waals surface area contributed by atoms with Crippen molar-refractivity contribution in [3.63, 3.8) is 0 Å². The third kappa shape index (κ3) is 2.40. The summed E-state index contributed by atoms with van der Waals surface area (Å²) in [4.78, 5) is 18.0. The smallest absolute Gasteiger partial charge is 0.316 e. The molecule has 13 heavy (non-hydrogen) atoms. The second-order valence-electron chi connectivity index (χ2n) is 2.25. The van der Waals surface area contributed by atoms with E-state index in [0.717, 1.165) is 0 Å². The van der Waals surface area contributed by atoms with Gasteiger partial charge in [0.1, 0.15) is 0 Å². The summed E-state index contributed by atoms with van der Waals surface area (Å²) in [5.41, 5.74) is 0. The van der Waals surface area contributed by atoms with Gasteiger partial charge in [-0.15, -0.1) is 0 Å². The number of hydrogen-bond acceptors (Lipinski definition) is 1. The molecule has 3 nitrogen and oxygen atoms in total. The zero-order valence-corrected chi connectivity index (χ0v) is 9.52. The lowest BCUT2D eigenvalue weighted by Crippen LogP contribution is -1.86. The lowest BCUT2D eigenvalue weighted by Gasteiger charge is -2.25. The molecule has 1 aromatic rings. The van der Waals surface area contributed by atoms with Crippen molar-refractivity contribution in [2.24, 2.45) is 0 Å². The average molecular weight is 261 g/mol. The van der Waals surface area contributed by atoms with Crippen LogP contribution in [0.5, 0.6) is 0 Å². The highest BCUT2D eigenvalue weighted by Crippen LogP contribution is 2.87. The lowest BCUT2D eigenvalue weighted by molar-refractivity contribution is 0.396. The molecule has 0 radical (unpaired) electrons. The monoisotopic (exact) mass is 260 g/mol. The Morgan fingerprint density at radius 1 is 1.15 bits per heavy atom. The highest BCUT2D eigenvalue weighted by molar-refractivity contribution is 8.97. The summed E-state index contributed by atoms with van der Waals surface area (Å²) in [5, 5.41) is 0. The van der Waals surface area contributed by atoms with Crippen LogP contribution in [0, 0.1) is 0 Å². The molecule has 0 amide bonds. The first kappa shape index (κ1) is 11.4. The van der Waals surface area contributed by atoms with Gasteiger partial charge in [-0.25, -0.2) is 4.57 Å². The van der Waals surface area contributed by atoms with Crippen LogP contribution in [0.2, 0.25) is 0 Å². The normalized spacial score (nSPS) is 14.2. The molecule has 0 aliphatic rings. The fourth-order valence-corrected chi connectivity index (χ4v) is 3.29. The molecular weight excluding hydrogens is 254 g/mol. The fourth-order valence-electron chi connectivity index (χ4n) is 0.722. The van der Waals surface area contributed by atoms with Gasteiger partial charge < -0.3 is 9.79 Å². The van der Waals surface area contributed by atoms with Gasteiger partial charge in [0.25, 0.3) is 0 Å². The number of hydrogen-bond donors (Lipinski definition) is 2. The Labute approximate surface area is 85.9 Å². The van der Waals surface area contributed by atoms with Crippen molar-refractivity contribution in [3.8, 4) is 0 Å². The zero-order chi connectivity index (χ0) is 10.1. The molecule has 0 aromatic heterocycles. The van der Waals surface area contributed by atoms with Crippen LogP contribution in [0.1, 0.15) is 0 Å². The molecule has 0 fully saturated rings. The molecule has 0 atom stereocenters. The fraction of sp³-hybridized carbons (Fsp3) is 0. The van der Waals surface area contributed by atoms with Crippen LogP contribution in [-0.4, -0.2) is 9.79 Å². The van der Waals surface area contributed by atoms with Crippen LogP contribution < -0.4 is 0 Å². The van der Waals surface area contributed by atoms with E-state index < -0.39 is 14.9 Å². The van der Waals surface area contributed by atoms with Gasteiger partial charge in [0.15, 0.2) is 0 Å². The van der Waals surface area contributed by atoms with E-state index in [0.29, 0.717) is 0 Å². The number of benzene rings is 1. The lowest BCUT2D eigenvalue weighted by atomic mass is 10.4. The van der Waals surface area contributed by atoms with Crippen molar-refractivity contribution >= 4 is 36.2 Å². The summed E-state index contributed by atoms with van der Waals surface area (Å²) in [6, 6.07) is 7.95. The van der Waals surface area contributed by atoms with E-state index >= 15 is 0 Å². The van der Waals surface area contributed by atoms with Crippen molar-refractivity contribution in [3.05, 3.63) is 30.3 Å². The maximum Gasteiger partial charge on any atom is 0.396 e. The first-order valence-corrected chi connectivity index (χ1v) is 8.69. The maximum atomic E-state index is 10.9. The summed E-state index contributed by atoms with van der Waals surface area (Å²) in [7, 11) is 8.18. The molecule has 7 heteroatoms. The van der Waals surface area contributed by atoms with Gasteiger partial charge in [-0.2, -0.15) is 0 Å². The van der Waals surface area contributed by atoms with E-state index in [2.05, 4.69) is 0 Å². The topological polar surface area (TPSA) is 57.5 Å². The van der Waals surface area contributed by atoms with Crippen molar-refractivity contribution in [2.75, 3.05) is 0 Å². The quantitative estimate of drug-likeness (QED) is 0.803. The first-order chi connectivity index (χ1) is 5.86. The van der Waals surface area contributed by atoms with Crippen molar-refractivity contribution in [2.45, 2.75) is 4.90 Å². The molecule has 0 saturated heterocycles. The third-order valence-electron chi connectivity index (χ3n) is 1.33. The number of rotatable bonds is 2. The molecule has 0 heterocycles. The molecule has 74 valence electrons. The molecule has 0 aliphatic heterocycles. The Morgan fingerprint density at radius 3 is 2.00 bits per heavy atom. The average Bonchev–Trinajstić information content (AvgIpc) is 2.04. The van der Waals surface area contributed by atoms with E-state index in [9.17, 15) is 4.57 Å². The Balaban J connectivity index is 3.16. The van der Waals surface area contributed by atoms with Gasteiger partial charge >= 0.3 is 6.80 Å². The molecule has 1 aromatic carbocycles. The van der Waals surface area contributed by atoms with Crippen molar-refractivity contribution < 1.29 is 14.4 Å². The largest absolute Gasteiger partial charge is 0.396 e. The SMILES string of the molecule is O=P(O)(O)S(Cl)(Cl)c1ccccc1. The van der Waals surface area contributed by atoms with Gasteiger partial charge in [0.05, 0.1) is 0 Å². The van der Waals surface area contributed by atoms with Crippen LogP contribution in [0.4, 0.5) is 0 Å². The molecule has 0 saturated carbocycles. The molecule has 0 spiro atoms. The zero-order valence-electron chi connectivity index (χ0n) is 6.30. The molecule has 1 rings (SSSR count). The van der Waals surface area contributed by atoms with Gasteiger partial charge in [-0.3, -0.25) is 0 Å².